The number of imidazole rings is 1. The molecule has 0 saturated carbocycles. The van der Waals surface area contributed by atoms with Gasteiger partial charge in [-0.25, -0.2) is 4.98 Å². The molecule has 0 aliphatic carbocycles. The Kier molecular flexibility index (Phi) is 5.07. The van der Waals surface area contributed by atoms with Gasteiger partial charge in [-0.1, -0.05) is 23.7 Å². The van der Waals surface area contributed by atoms with Crippen molar-refractivity contribution in [1.29, 1.82) is 0 Å². The minimum atomic E-state index is 0.0831. The van der Waals surface area contributed by atoms with Crippen LogP contribution in [0.3, 0.4) is 0 Å². The fourth-order valence-electron chi connectivity index (χ4n) is 2.91. The lowest BCUT2D eigenvalue weighted by molar-refractivity contribution is 0.283. The first-order valence-electron chi connectivity index (χ1n) is 8.04. The second-order valence-corrected chi connectivity index (χ2v) is 6.24. The van der Waals surface area contributed by atoms with Gasteiger partial charge in [0.1, 0.15) is 18.2 Å². The lowest BCUT2D eigenvalue weighted by atomic mass is 10.1. The van der Waals surface area contributed by atoms with Gasteiger partial charge in [-0.05, 0) is 49.2 Å². The third kappa shape index (κ3) is 3.40. The van der Waals surface area contributed by atoms with E-state index in [0.29, 0.717) is 19.6 Å². The average molecular weight is 345 g/mol. The first kappa shape index (κ1) is 16.8. The van der Waals surface area contributed by atoms with Crippen LogP contribution in [0.25, 0.3) is 11.0 Å². The smallest absolute Gasteiger partial charge is 0.120 e. The van der Waals surface area contributed by atoms with Gasteiger partial charge in [0, 0.05) is 11.4 Å². The zero-order chi connectivity index (χ0) is 17.1. The van der Waals surface area contributed by atoms with Crippen molar-refractivity contribution in [3.05, 3.63) is 58.4 Å². The van der Waals surface area contributed by atoms with Gasteiger partial charge in [0.05, 0.1) is 24.2 Å². The molecule has 0 atom stereocenters. The number of fused-ring (bicyclic) bond motifs is 1. The third-order valence-corrected chi connectivity index (χ3v) is 4.66. The van der Waals surface area contributed by atoms with Crippen LogP contribution in [0.2, 0.25) is 5.02 Å². The summed E-state index contributed by atoms with van der Waals surface area (Å²) >= 11 is 6.19. The molecule has 1 aromatic heterocycles. The Morgan fingerprint density at radius 2 is 1.88 bits per heavy atom. The van der Waals surface area contributed by atoms with Gasteiger partial charge < -0.3 is 14.4 Å². The molecule has 2 aromatic carbocycles. The highest BCUT2D eigenvalue weighted by molar-refractivity contribution is 6.32. The van der Waals surface area contributed by atoms with Gasteiger partial charge in [-0.3, -0.25) is 0 Å². The van der Waals surface area contributed by atoms with E-state index in [4.69, 9.17) is 16.3 Å². The summed E-state index contributed by atoms with van der Waals surface area (Å²) in [5, 5.41) is 10.0. The van der Waals surface area contributed by atoms with Crippen molar-refractivity contribution < 1.29 is 9.84 Å². The number of ether oxygens (including phenoxy) is 1. The van der Waals surface area contributed by atoms with Crippen molar-refractivity contribution in [3.8, 4) is 5.75 Å². The molecule has 0 unspecified atom stereocenters. The summed E-state index contributed by atoms with van der Waals surface area (Å²) in [5.41, 5.74) is 4.04. The molecule has 1 heterocycles. The molecule has 1 N–H and O–H groups in total. The molecule has 0 radical (unpaired) electrons. The molecule has 3 rings (SSSR count). The van der Waals surface area contributed by atoms with Crippen LogP contribution in [0.15, 0.2) is 36.4 Å². The normalized spacial score (nSPS) is 11.2. The van der Waals surface area contributed by atoms with E-state index >= 15 is 0 Å². The van der Waals surface area contributed by atoms with Crippen LogP contribution in [0.5, 0.6) is 5.75 Å². The molecule has 0 aliphatic rings. The Labute approximate surface area is 146 Å². The van der Waals surface area contributed by atoms with Crippen molar-refractivity contribution in [2.75, 3.05) is 13.2 Å². The lowest BCUT2D eigenvalue weighted by Gasteiger charge is -2.12. The van der Waals surface area contributed by atoms with Gasteiger partial charge in [0.25, 0.3) is 0 Å². The van der Waals surface area contributed by atoms with Gasteiger partial charge >= 0.3 is 0 Å². The molecular weight excluding hydrogens is 324 g/mol. The van der Waals surface area contributed by atoms with E-state index in [9.17, 15) is 5.11 Å². The first-order chi connectivity index (χ1) is 11.6. The summed E-state index contributed by atoms with van der Waals surface area (Å²) in [6.07, 6.45) is 0.536. The molecule has 4 nitrogen and oxygen atoms in total. The second kappa shape index (κ2) is 7.24. The fraction of sp³-hybridized carbons (Fsp3) is 0.316. The number of nitrogens with zero attached hydrogens (tertiary/aromatic N) is 2. The molecule has 3 aromatic rings. The molecule has 126 valence electrons. The van der Waals surface area contributed by atoms with E-state index in [2.05, 4.69) is 9.55 Å². The van der Waals surface area contributed by atoms with Crippen LogP contribution < -0.4 is 4.74 Å². The van der Waals surface area contributed by atoms with Crippen LogP contribution in [0.4, 0.5) is 0 Å². The van der Waals surface area contributed by atoms with Crippen molar-refractivity contribution in [3.63, 3.8) is 0 Å². The van der Waals surface area contributed by atoms with E-state index in [-0.39, 0.29) is 6.61 Å². The summed E-state index contributed by atoms with van der Waals surface area (Å²) in [5.74, 6) is 1.70. The lowest BCUT2D eigenvalue weighted by Crippen LogP contribution is -2.12. The van der Waals surface area contributed by atoms with E-state index in [1.807, 2.05) is 50.2 Å². The number of aromatic nitrogens is 2. The Morgan fingerprint density at radius 1 is 1.17 bits per heavy atom. The molecule has 5 heteroatoms. The number of rotatable bonds is 6. The highest BCUT2D eigenvalue weighted by atomic mass is 35.5. The monoisotopic (exact) mass is 344 g/mol. The quantitative estimate of drug-likeness (QED) is 0.737. The molecule has 0 spiro atoms. The van der Waals surface area contributed by atoms with E-state index in [0.717, 1.165) is 38.8 Å². The largest absolute Gasteiger partial charge is 0.492 e. The van der Waals surface area contributed by atoms with Crippen molar-refractivity contribution in [2.45, 2.75) is 26.8 Å². The summed E-state index contributed by atoms with van der Waals surface area (Å²) in [4.78, 5) is 4.60. The van der Waals surface area contributed by atoms with E-state index in [1.54, 1.807) is 0 Å². The third-order valence-electron chi connectivity index (χ3n) is 4.06. The minimum Gasteiger partial charge on any atom is -0.492 e. The summed E-state index contributed by atoms with van der Waals surface area (Å²) < 4.78 is 8.02. The Morgan fingerprint density at radius 3 is 2.58 bits per heavy atom. The van der Waals surface area contributed by atoms with Crippen LogP contribution in [-0.2, 0) is 13.0 Å². The fourth-order valence-corrected chi connectivity index (χ4v) is 3.02. The second-order valence-electron chi connectivity index (χ2n) is 5.86. The number of benzene rings is 2. The number of hydrogen-bond acceptors (Lipinski definition) is 3. The Bertz CT molecular complexity index is 835. The maximum absolute atomic E-state index is 9.26. The first-order valence-corrected chi connectivity index (χ1v) is 8.42. The van der Waals surface area contributed by atoms with Gasteiger partial charge in [0.15, 0.2) is 0 Å². The SMILES string of the molecule is Cc1cc(OCCn2c(CCO)nc3ccccc32)cc(C)c1Cl. The van der Waals surface area contributed by atoms with Crippen molar-refractivity contribution in [1.82, 2.24) is 9.55 Å². The molecule has 0 bridgehead atoms. The number of hydrogen-bond donors (Lipinski definition) is 1. The number of aryl methyl sites for hydroxylation is 2. The Balaban J connectivity index is 1.77. The van der Waals surface area contributed by atoms with Gasteiger partial charge in [-0.15, -0.1) is 0 Å². The van der Waals surface area contributed by atoms with Crippen LogP contribution in [0, 0.1) is 13.8 Å². The summed E-state index contributed by atoms with van der Waals surface area (Å²) in [6, 6.07) is 11.9. The zero-order valence-electron chi connectivity index (χ0n) is 13.9. The highest BCUT2D eigenvalue weighted by Gasteiger charge is 2.10. The predicted molar refractivity (Wildman–Crippen MR) is 96.9 cm³/mol. The Hall–Kier alpha value is -2.04. The number of aliphatic hydroxyl groups excluding tert-OH is 1. The van der Waals surface area contributed by atoms with Crippen LogP contribution in [0.1, 0.15) is 17.0 Å². The highest BCUT2D eigenvalue weighted by Crippen LogP contribution is 2.26. The van der Waals surface area contributed by atoms with Crippen molar-refractivity contribution >= 4 is 22.6 Å². The number of aliphatic hydroxyl groups is 1. The van der Waals surface area contributed by atoms with Gasteiger partial charge in [-0.2, -0.15) is 0 Å². The van der Waals surface area contributed by atoms with Crippen LogP contribution >= 0.6 is 11.6 Å². The molecule has 0 fully saturated rings. The van der Waals surface area contributed by atoms with E-state index in [1.165, 1.54) is 0 Å². The predicted octanol–water partition coefficient (Wildman–Crippen LogP) is 3.92. The number of para-hydroxylation sites is 2. The summed E-state index contributed by atoms with van der Waals surface area (Å²) in [7, 11) is 0. The molecular formula is C19H21ClN2O2. The average Bonchev–Trinajstić information content (AvgIpc) is 2.91. The zero-order valence-corrected chi connectivity index (χ0v) is 14.7. The molecule has 0 amide bonds. The summed E-state index contributed by atoms with van der Waals surface area (Å²) in [6.45, 7) is 5.24. The molecule has 0 saturated heterocycles. The van der Waals surface area contributed by atoms with Crippen LogP contribution in [-0.4, -0.2) is 27.9 Å². The van der Waals surface area contributed by atoms with Crippen molar-refractivity contribution in [2.24, 2.45) is 0 Å². The topological polar surface area (TPSA) is 47.3 Å². The maximum atomic E-state index is 9.26. The van der Waals surface area contributed by atoms with Gasteiger partial charge in [0.2, 0.25) is 0 Å². The molecule has 0 aliphatic heterocycles. The maximum Gasteiger partial charge on any atom is 0.120 e. The number of halogens is 1. The standard InChI is InChI=1S/C19H21ClN2O2/c1-13-11-15(12-14(2)19(13)20)24-10-8-22-17-6-4-3-5-16(17)21-18(22)7-9-23/h3-6,11-12,23H,7-10H2,1-2H3. The molecule has 24 heavy (non-hydrogen) atoms. The van der Waals surface area contributed by atoms with E-state index < -0.39 is 0 Å². The minimum absolute atomic E-state index is 0.0831.